The van der Waals surface area contributed by atoms with E-state index in [-0.39, 0.29) is 12.0 Å². The van der Waals surface area contributed by atoms with Gasteiger partial charge in [0.1, 0.15) is 6.61 Å². The molecule has 1 N–H and O–H groups in total. The van der Waals surface area contributed by atoms with E-state index in [0.29, 0.717) is 5.92 Å². The summed E-state index contributed by atoms with van der Waals surface area (Å²) in [5.74, 6) is 1.48. The fourth-order valence-electron chi connectivity index (χ4n) is 4.15. The molecule has 2 nitrogen and oxygen atoms in total. The van der Waals surface area contributed by atoms with Crippen molar-refractivity contribution in [3.8, 4) is 0 Å². The third kappa shape index (κ3) is 4.10. The summed E-state index contributed by atoms with van der Waals surface area (Å²) >= 11 is 0. The predicted octanol–water partition coefficient (Wildman–Crippen LogP) is 3.76. The van der Waals surface area contributed by atoms with Crippen LogP contribution in [0.25, 0.3) is 0 Å². The van der Waals surface area contributed by atoms with Crippen molar-refractivity contribution in [3.63, 3.8) is 0 Å². The van der Waals surface area contributed by atoms with Crippen LogP contribution >= 0.6 is 0 Å². The summed E-state index contributed by atoms with van der Waals surface area (Å²) in [7, 11) is 0. The minimum Gasteiger partial charge on any atom is -0.372 e. The standard InChI is InChI=1S/C15H26F3NO/c1-2-6-19-10-14(5-7-20-11-15(16,17)18)9-12-3-4-13(14)8-12/h12-13,19H,2-11H2,1H3. The van der Waals surface area contributed by atoms with Crippen molar-refractivity contribution in [2.24, 2.45) is 17.3 Å². The van der Waals surface area contributed by atoms with E-state index in [9.17, 15) is 13.2 Å². The topological polar surface area (TPSA) is 21.3 Å². The first-order valence-electron chi connectivity index (χ1n) is 7.80. The van der Waals surface area contributed by atoms with Gasteiger partial charge in [0.25, 0.3) is 0 Å². The second-order valence-corrected chi connectivity index (χ2v) is 6.54. The maximum Gasteiger partial charge on any atom is 0.411 e. The van der Waals surface area contributed by atoms with E-state index in [4.69, 9.17) is 4.74 Å². The van der Waals surface area contributed by atoms with Gasteiger partial charge in [0, 0.05) is 13.2 Å². The van der Waals surface area contributed by atoms with E-state index in [0.717, 1.165) is 31.8 Å². The molecule has 2 aliphatic carbocycles. The third-order valence-corrected chi connectivity index (χ3v) is 5.02. The zero-order chi connectivity index (χ0) is 14.6. The van der Waals surface area contributed by atoms with Gasteiger partial charge in [-0.25, -0.2) is 0 Å². The minimum atomic E-state index is -4.21. The molecule has 0 aromatic heterocycles. The number of hydrogen-bond donors (Lipinski definition) is 1. The molecule has 2 saturated carbocycles. The van der Waals surface area contributed by atoms with Crippen molar-refractivity contribution in [2.45, 2.75) is 51.6 Å². The van der Waals surface area contributed by atoms with Crippen LogP contribution in [0.1, 0.15) is 45.4 Å². The number of hydrogen-bond acceptors (Lipinski definition) is 2. The lowest BCUT2D eigenvalue weighted by atomic mass is 9.71. The van der Waals surface area contributed by atoms with Crippen molar-refractivity contribution in [1.29, 1.82) is 0 Å². The van der Waals surface area contributed by atoms with Gasteiger partial charge in [-0.3, -0.25) is 0 Å². The molecule has 0 aromatic rings. The number of ether oxygens (including phenoxy) is 1. The van der Waals surface area contributed by atoms with Gasteiger partial charge >= 0.3 is 6.18 Å². The van der Waals surface area contributed by atoms with E-state index >= 15 is 0 Å². The molecule has 2 fully saturated rings. The summed E-state index contributed by atoms with van der Waals surface area (Å²) in [6.45, 7) is 3.18. The Bertz CT molecular complexity index is 308. The molecule has 0 aliphatic heterocycles. The van der Waals surface area contributed by atoms with Gasteiger partial charge < -0.3 is 10.1 Å². The Balaban J connectivity index is 1.81. The SMILES string of the molecule is CCCNCC1(CCOCC(F)(F)F)CC2CCC1C2. The van der Waals surface area contributed by atoms with Crippen LogP contribution in [0.4, 0.5) is 13.2 Å². The molecular weight excluding hydrogens is 267 g/mol. The maximum atomic E-state index is 12.1. The number of nitrogens with one attached hydrogen (secondary N) is 1. The molecular formula is C15H26F3NO. The van der Waals surface area contributed by atoms with Crippen LogP contribution in [0.2, 0.25) is 0 Å². The highest BCUT2D eigenvalue weighted by Gasteiger charge is 2.50. The van der Waals surface area contributed by atoms with Gasteiger partial charge in [-0.2, -0.15) is 13.2 Å². The summed E-state index contributed by atoms with van der Waals surface area (Å²) in [5.41, 5.74) is 0.184. The third-order valence-electron chi connectivity index (χ3n) is 5.02. The molecule has 0 spiro atoms. The van der Waals surface area contributed by atoms with Crippen LogP contribution in [-0.4, -0.2) is 32.5 Å². The lowest BCUT2D eigenvalue weighted by Crippen LogP contribution is -2.40. The summed E-state index contributed by atoms with van der Waals surface area (Å²) in [6, 6.07) is 0. The second kappa shape index (κ2) is 6.65. The fourth-order valence-corrected chi connectivity index (χ4v) is 4.15. The van der Waals surface area contributed by atoms with Crippen LogP contribution in [0.3, 0.4) is 0 Å². The molecule has 5 heteroatoms. The average Bonchev–Trinajstić information content (AvgIpc) is 2.95. The summed E-state index contributed by atoms with van der Waals surface area (Å²) < 4.78 is 41.2. The highest BCUT2D eigenvalue weighted by atomic mass is 19.4. The van der Waals surface area contributed by atoms with Crippen molar-refractivity contribution < 1.29 is 17.9 Å². The molecule has 0 saturated heterocycles. The Hall–Kier alpha value is -0.290. The zero-order valence-corrected chi connectivity index (χ0v) is 12.3. The molecule has 0 heterocycles. The largest absolute Gasteiger partial charge is 0.411 e. The molecule has 3 atom stereocenters. The first-order chi connectivity index (χ1) is 9.45. The summed E-state index contributed by atoms with van der Waals surface area (Å²) in [6.07, 6.45) is 2.65. The van der Waals surface area contributed by atoms with Gasteiger partial charge in [-0.05, 0) is 55.9 Å². The van der Waals surface area contributed by atoms with Crippen LogP contribution < -0.4 is 5.32 Å². The molecule has 0 aromatic carbocycles. The predicted molar refractivity (Wildman–Crippen MR) is 72.5 cm³/mol. The number of rotatable bonds is 8. The van der Waals surface area contributed by atoms with Crippen LogP contribution in [0.5, 0.6) is 0 Å². The zero-order valence-electron chi connectivity index (χ0n) is 12.3. The Kier molecular flexibility index (Phi) is 5.35. The minimum absolute atomic E-state index is 0.184. The van der Waals surface area contributed by atoms with Crippen LogP contribution in [-0.2, 0) is 4.74 Å². The van der Waals surface area contributed by atoms with Crippen molar-refractivity contribution in [2.75, 3.05) is 26.3 Å². The molecule has 2 rings (SSSR count). The monoisotopic (exact) mass is 293 g/mol. The van der Waals surface area contributed by atoms with E-state index in [1.54, 1.807) is 0 Å². The normalized spacial score (nSPS) is 33.0. The van der Waals surface area contributed by atoms with E-state index in [1.807, 2.05) is 0 Å². The Morgan fingerprint density at radius 3 is 2.65 bits per heavy atom. The van der Waals surface area contributed by atoms with Crippen LogP contribution in [0.15, 0.2) is 0 Å². The number of alkyl halides is 3. The fraction of sp³-hybridized carbons (Fsp3) is 1.00. The van der Waals surface area contributed by atoms with E-state index in [1.165, 1.54) is 25.7 Å². The first-order valence-corrected chi connectivity index (χ1v) is 7.80. The maximum absolute atomic E-state index is 12.1. The summed E-state index contributed by atoms with van der Waals surface area (Å²) in [5, 5.41) is 3.48. The number of halogens is 3. The Labute approximate surface area is 119 Å². The molecule has 118 valence electrons. The smallest absolute Gasteiger partial charge is 0.372 e. The highest BCUT2D eigenvalue weighted by Crippen LogP contribution is 2.57. The Morgan fingerprint density at radius 2 is 2.10 bits per heavy atom. The first kappa shape index (κ1) is 16.1. The van der Waals surface area contributed by atoms with Crippen LogP contribution in [0, 0.1) is 17.3 Å². The molecule has 3 unspecified atom stereocenters. The van der Waals surface area contributed by atoms with Gasteiger partial charge in [-0.1, -0.05) is 13.3 Å². The lowest BCUT2D eigenvalue weighted by Gasteiger charge is -2.38. The lowest BCUT2D eigenvalue weighted by molar-refractivity contribution is -0.175. The molecule has 0 amide bonds. The van der Waals surface area contributed by atoms with Crippen molar-refractivity contribution in [1.82, 2.24) is 5.32 Å². The quantitative estimate of drug-likeness (QED) is 0.688. The highest BCUT2D eigenvalue weighted by molar-refractivity contribution is 5.01. The summed E-state index contributed by atoms with van der Waals surface area (Å²) in [4.78, 5) is 0. The van der Waals surface area contributed by atoms with E-state index < -0.39 is 12.8 Å². The van der Waals surface area contributed by atoms with Gasteiger partial charge in [0.15, 0.2) is 0 Å². The number of fused-ring (bicyclic) bond motifs is 2. The van der Waals surface area contributed by atoms with Crippen molar-refractivity contribution in [3.05, 3.63) is 0 Å². The molecule has 0 radical (unpaired) electrons. The van der Waals surface area contributed by atoms with Gasteiger partial charge in [-0.15, -0.1) is 0 Å². The van der Waals surface area contributed by atoms with Gasteiger partial charge in [0.2, 0.25) is 0 Å². The molecule has 20 heavy (non-hydrogen) atoms. The van der Waals surface area contributed by atoms with Crippen molar-refractivity contribution >= 4 is 0 Å². The second-order valence-electron chi connectivity index (χ2n) is 6.54. The van der Waals surface area contributed by atoms with Gasteiger partial charge in [0.05, 0.1) is 0 Å². The average molecular weight is 293 g/mol. The molecule has 2 bridgehead atoms. The van der Waals surface area contributed by atoms with E-state index in [2.05, 4.69) is 12.2 Å². The Morgan fingerprint density at radius 1 is 1.30 bits per heavy atom. The molecule has 2 aliphatic rings.